The van der Waals surface area contributed by atoms with Crippen LogP contribution in [0.1, 0.15) is 36.4 Å². The molecule has 0 radical (unpaired) electrons. The van der Waals surface area contributed by atoms with E-state index in [4.69, 9.17) is 4.84 Å². The summed E-state index contributed by atoms with van der Waals surface area (Å²) in [7, 11) is 2.18. The first kappa shape index (κ1) is 27.7. The predicted molar refractivity (Wildman–Crippen MR) is 151 cm³/mol. The van der Waals surface area contributed by atoms with Crippen LogP contribution in [0.4, 0.5) is 36.4 Å². The van der Waals surface area contributed by atoms with E-state index >= 15 is 0 Å². The van der Waals surface area contributed by atoms with E-state index in [0.29, 0.717) is 24.8 Å². The van der Waals surface area contributed by atoms with Gasteiger partial charge in [-0.2, -0.15) is 18.2 Å². The standard InChI is InChI=1S/C29H35F3N8O/c1-37-14-16-38(17-15-37)23-9-12-39(13-10-23)26-8-7-22(19-33-26)35-28-34-20-24(29(30,31)32)27(36-28)40-25(11-18-41-40)21-5-3-2-4-6-21/h2-8,19-20,23,25H,9-18H2,1H3,(H,34,35,36)/t25-/m0/s1. The van der Waals surface area contributed by atoms with Crippen LogP contribution in [-0.4, -0.2) is 83.7 Å². The van der Waals surface area contributed by atoms with Crippen LogP contribution in [0.3, 0.4) is 0 Å². The summed E-state index contributed by atoms with van der Waals surface area (Å²) < 4.78 is 41.9. The first-order valence-electron chi connectivity index (χ1n) is 14.2. The number of anilines is 4. The molecule has 3 saturated heterocycles. The molecule has 3 aliphatic rings. The van der Waals surface area contributed by atoms with E-state index in [9.17, 15) is 13.2 Å². The number of hydroxylamine groups is 1. The average molecular weight is 569 g/mol. The van der Waals surface area contributed by atoms with Gasteiger partial charge in [-0.3, -0.25) is 9.74 Å². The van der Waals surface area contributed by atoms with Crippen LogP contribution < -0.4 is 15.3 Å². The summed E-state index contributed by atoms with van der Waals surface area (Å²) in [6, 6.07) is 13.4. The van der Waals surface area contributed by atoms with E-state index in [2.05, 4.69) is 42.0 Å². The van der Waals surface area contributed by atoms with Crippen LogP contribution in [0.5, 0.6) is 0 Å². The van der Waals surface area contributed by atoms with Crippen LogP contribution in [0.25, 0.3) is 0 Å². The molecule has 3 fully saturated rings. The first-order chi connectivity index (χ1) is 19.8. The number of nitrogens with zero attached hydrogens (tertiary/aromatic N) is 7. The zero-order chi connectivity index (χ0) is 28.4. The molecule has 0 bridgehead atoms. The molecule has 1 aromatic carbocycles. The van der Waals surface area contributed by atoms with Crippen molar-refractivity contribution in [2.45, 2.75) is 37.5 Å². The molecule has 1 N–H and O–H groups in total. The van der Waals surface area contributed by atoms with Crippen molar-refractivity contribution in [1.29, 1.82) is 0 Å². The molecule has 0 aliphatic carbocycles. The van der Waals surface area contributed by atoms with E-state index < -0.39 is 11.7 Å². The molecular weight excluding hydrogens is 533 g/mol. The lowest BCUT2D eigenvalue weighted by atomic mass is 10.0. The van der Waals surface area contributed by atoms with Crippen molar-refractivity contribution in [2.24, 2.45) is 0 Å². The lowest BCUT2D eigenvalue weighted by Gasteiger charge is -2.42. The highest BCUT2D eigenvalue weighted by Crippen LogP contribution is 2.41. The van der Waals surface area contributed by atoms with Crippen LogP contribution in [0.2, 0.25) is 0 Å². The third kappa shape index (κ3) is 6.24. The Morgan fingerprint density at radius 2 is 1.63 bits per heavy atom. The predicted octanol–water partition coefficient (Wildman–Crippen LogP) is 4.73. The molecule has 0 saturated carbocycles. The van der Waals surface area contributed by atoms with E-state index in [1.165, 1.54) is 5.06 Å². The fourth-order valence-electron chi connectivity index (χ4n) is 5.88. The molecule has 218 valence electrons. The molecule has 3 aliphatic heterocycles. The maximum Gasteiger partial charge on any atom is 0.421 e. The number of nitrogens with one attached hydrogen (secondary N) is 1. The fourth-order valence-corrected chi connectivity index (χ4v) is 5.88. The van der Waals surface area contributed by atoms with Gasteiger partial charge >= 0.3 is 6.18 Å². The third-order valence-electron chi connectivity index (χ3n) is 8.22. The van der Waals surface area contributed by atoms with Crippen molar-refractivity contribution in [3.8, 4) is 0 Å². The summed E-state index contributed by atoms with van der Waals surface area (Å²) in [5, 5.41) is 4.28. The normalized spacial score (nSPS) is 21.4. The van der Waals surface area contributed by atoms with Crippen molar-refractivity contribution in [2.75, 3.05) is 68.2 Å². The summed E-state index contributed by atoms with van der Waals surface area (Å²) in [6.45, 7) is 6.69. The van der Waals surface area contributed by atoms with E-state index in [1.807, 2.05) is 42.5 Å². The van der Waals surface area contributed by atoms with Crippen molar-refractivity contribution >= 4 is 23.3 Å². The minimum atomic E-state index is -4.64. The molecule has 41 heavy (non-hydrogen) atoms. The van der Waals surface area contributed by atoms with Crippen molar-refractivity contribution in [1.82, 2.24) is 24.8 Å². The van der Waals surface area contributed by atoms with Crippen LogP contribution in [0.15, 0.2) is 54.9 Å². The molecule has 0 amide bonds. The largest absolute Gasteiger partial charge is 0.421 e. The highest BCUT2D eigenvalue weighted by atomic mass is 19.4. The molecule has 1 atom stereocenters. The van der Waals surface area contributed by atoms with Gasteiger partial charge in [0.15, 0.2) is 5.82 Å². The fraction of sp³-hybridized carbons (Fsp3) is 0.483. The van der Waals surface area contributed by atoms with Crippen LogP contribution >= 0.6 is 0 Å². The number of likely N-dealkylation sites (N-methyl/N-ethyl adjacent to an activating group) is 1. The van der Waals surface area contributed by atoms with Crippen molar-refractivity contribution < 1.29 is 18.0 Å². The second-order valence-corrected chi connectivity index (χ2v) is 10.9. The lowest BCUT2D eigenvalue weighted by Crippen LogP contribution is -2.52. The number of alkyl halides is 3. The smallest absolute Gasteiger partial charge is 0.357 e. The maximum atomic E-state index is 14.0. The highest BCUT2D eigenvalue weighted by Gasteiger charge is 2.40. The number of aromatic nitrogens is 3. The molecule has 6 rings (SSSR count). The lowest BCUT2D eigenvalue weighted by molar-refractivity contribution is -0.138. The van der Waals surface area contributed by atoms with E-state index in [1.54, 1.807) is 6.20 Å². The Kier molecular flexibility index (Phi) is 7.96. The Morgan fingerprint density at radius 3 is 2.32 bits per heavy atom. The number of halogens is 3. The number of hydrogen-bond donors (Lipinski definition) is 1. The third-order valence-corrected chi connectivity index (χ3v) is 8.22. The topological polar surface area (TPSA) is 72.9 Å². The number of piperidine rings is 1. The minimum absolute atomic E-state index is 0.0397. The first-order valence-corrected chi connectivity index (χ1v) is 14.2. The number of piperazine rings is 1. The van der Waals surface area contributed by atoms with Crippen molar-refractivity contribution in [3.05, 3.63) is 66.0 Å². The molecule has 5 heterocycles. The molecule has 9 nitrogen and oxygen atoms in total. The summed E-state index contributed by atoms with van der Waals surface area (Å²) in [5.74, 6) is 0.615. The van der Waals surface area contributed by atoms with Gasteiger partial charge in [0.25, 0.3) is 0 Å². The van der Waals surface area contributed by atoms with Crippen LogP contribution in [0, 0.1) is 0 Å². The van der Waals surface area contributed by atoms with Gasteiger partial charge in [0.1, 0.15) is 11.4 Å². The quantitative estimate of drug-likeness (QED) is 0.454. The number of benzene rings is 1. The highest BCUT2D eigenvalue weighted by molar-refractivity contribution is 5.58. The Labute approximate surface area is 237 Å². The average Bonchev–Trinajstić information content (AvgIpc) is 3.48. The molecule has 3 aromatic rings. The Balaban J connectivity index is 1.14. The molecule has 12 heteroatoms. The van der Waals surface area contributed by atoms with Gasteiger partial charge in [-0.05, 0) is 37.6 Å². The number of rotatable bonds is 6. The second kappa shape index (κ2) is 11.8. The van der Waals surface area contributed by atoms with Gasteiger partial charge in [-0.15, -0.1) is 0 Å². The van der Waals surface area contributed by atoms with Gasteiger partial charge in [0.2, 0.25) is 5.95 Å². The number of pyridine rings is 1. The summed E-state index contributed by atoms with van der Waals surface area (Å²) >= 11 is 0. The zero-order valence-corrected chi connectivity index (χ0v) is 23.1. The van der Waals surface area contributed by atoms with Gasteiger partial charge in [0.05, 0.1) is 24.5 Å². The minimum Gasteiger partial charge on any atom is -0.357 e. The van der Waals surface area contributed by atoms with Gasteiger partial charge in [-0.1, -0.05) is 30.3 Å². The Morgan fingerprint density at radius 1 is 0.878 bits per heavy atom. The van der Waals surface area contributed by atoms with Gasteiger partial charge in [0, 0.05) is 57.9 Å². The summed E-state index contributed by atoms with van der Waals surface area (Å²) in [5.41, 5.74) is 0.506. The zero-order valence-electron chi connectivity index (χ0n) is 23.1. The molecule has 2 aromatic heterocycles. The summed E-state index contributed by atoms with van der Waals surface area (Å²) in [4.78, 5) is 25.8. The summed E-state index contributed by atoms with van der Waals surface area (Å²) in [6.07, 6.45) is 0.600. The van der Waals surface area contributed by atoms with Crippen molar-refractivity contribution in [3.63, 3.8) is 0 Å². The van der Waals surface area contributed by atoms with E-state index in [0.717, 1.165) is 69.7 Å². The van der Waals surface area contributed by atoms with Gasteiger partial charge < -0.3 is 15.1 Å². The van der Waals surface area contributed by atoms with E-state index in [-0.39, 0.29) is 17.8 Å². The maximum absolute atomic E-state index is 14.0. The Hall–Kier alpha value is -3.48. The number of hydrogen-bond acceptors (Lipinski definition) is 9. The van der Waals surface area contributed by atoms with Gasteiger partial charge in [-0.25, -0.2) is 15.0 Å². The second-order valence-electron chi connectivity index (χ2n) is 10.9. The Bertz CT molecular complexity index is 1290. The molecular formula is C29H35F3N8O. The van der Waals surface area contributed by atoms with Crippen LogP contribution in [-0.2, 0) is 11.0 Å². The monoisotopic (exact) mass is 568 g/mol. The SMILES string of the molecule is CN1CCN(C2CCN(c3ccc(Nc4ncc(C(F)(F)F)c(N5OCC[C@H]5c5ccccc5)n4)cn3)CC2)CC1. The molecule has 0 unspecified atom stereocenters. The molecule has 0 spiro atoms.